The number of rotatable bonds is 1. The number of para-hydroxylation sites is 3. The van der Waals surface area contributed by atoms with E-state index in [0.717, 1.165) is 28.1 Å². The third-order valence-corrected chi connectivity index (χ3v) is 8.66. The topological polar surface area (TPSA) is 14.2 Å². The fourth-order valence-corrected chi connectivity index (χ4v) is 7.22. The Labute approximate surface area is 226 Å². The van der Waals surface area contributed by atoms with Crippen LogP contribution in [0.2, 0.25) is 0 Å². The minimum atomic E-state index is -0.457. The van der Waals surface area contributed by atoms with E-state index in [1.165, 1.54) is 44.3 Å². The molecule has 0 bridgehead atoms. The number of aromatic nitrogens is 1. The van der Waals surface area contributed by atoms with Crippen molar-refractivity contribution in [1.82, 2.24) is 4.57 Å². The first kappa shape index (κ1) is 20.9. The standard InChI is InChI=1S/C37H23NO/c1-2-12-24(13-3-1)38-32-20-10-6-16-27(32)35-33(38)23-22-31-36(35)39-34-21-11-9-19-30(34)37(31)28-17-7-4-14-25(28)26-15-5-8-18-29(26)37/h1-23H. The summed E-state index contributed by atoms with van der Waals surface area (Å²) in [5, 5.41) is 2.35. The Balaban J connectivity index is 1.49. The zero-order valence-electron chi connectivity index (χ0n) is 21.1. The predicted octanol–water partition coefficient (Wildman–Crippen LogP) is 9.25. The highest BCUT2D eigenvalue weighted by molar-refractivity contribution is 6.13. The van der Waals surface area contributed by atoms with Crippen molar-refractivity contribution in [3.63, 3.8) is 0 Å². The molecule has 0 radical (unpaired) electrons. The third-order valence-electron chi connectivity index (χ3n) is 8.66. The molecule has 182 valence electrons. The lowest BCUT2D eigenvalue weighted by molar-refractivity contribution is 0.442. The first-order valence-corrected chi connectivity index (χ1v) is 13.5. The molecule has 0 unspecified atom stereocenters. The van der Waals surface area contributed by atoms with Gasteiger partial charge in [0, 0.05) is 22.2 Å². The van der Waals surface area contributed by atoms with Crippen molar-refractivity contribution in [1.29, 1.82) is 0 Å². The number of hydrogen-bond acceptors (Lipinski definition) is 1. The molecule has 9 rings (SSSR count). The van der Waals surface area contributed by atoms with Gasteiger partial charge in [-0.25, -0.2) is 0 Å². The smallest absolute Gasteiger partial charge is 0.142 e. The summed E-state index contributed by atoms with van der Waals surface area (Å²) in [6, 6.07) is 50.3. The van der Waals surface area contributed by atoms with Gasteiger partial charge in [-0.2, -0.15) is 0 Å². The normalized spacial score (nSPS) is 14.1. The molecule has 0 N–H and O–H groups in total. The number of benzene rings is 6. The molecule has 7 aromatic rings. The van der Waals surface area contributed by atoms with Crippen LogP contribution in [0, 0.1) is 0 Å². The number of fused-ring (bicyclic) bond motifs is 13. The Hall–Kier alpha value is -5.08. The summed E-state index contributed by atoms with van der Waals surface area (Å²) in [4.78, 5) is 0. The summed E-state index contributed by atoms with van der Waals surface area (Å²) in [5.41, 5.74) is 10.6. The molecule has 0 saturated carbocycles. The van der Waals surface area contributed by atoms with E-state index in [-0.39, 0.29) is 0 Å². The lowest BCUT2D eigenvalue weighted by Crippen LogP contribution is -2.32. The molecule has 1 spiro atoms. The van der Waals surface area contributed by atoms with Crippen LogP contribution in [0.5, 0.6) is 11.5 Å². The van der Waals surface area contributed by atoms with E-state index in [1.807, 2.05) is 0 Å². The quantitative estimate of drug-likeness (QED) is 0.220. The first-order chi connectivity index (χ1) is 19.4. The van der Waals surface area contributed by atoms with Gasteiger partial charge in [-0.15, -0.1) is 0 Å². The zero-order valence-corrected chi connectivity index (χ0v) is 21.1. The van der Waals surface area contributed by atoms with E-state index in [4.69, 9.17) is 4.74 Å². The molecule has 1 aliphatic heterocycles. The van der Waals surface area contributed by atoms with Gasteiger partial charge in [0.1, 0.15) is 11.5 Å². The highest BCUT2D eigenvalue weighted by atomic mass is 16.5. The van der Waals surface area contributed by atoms with E-state index in [0.29, 0.717) is 0 Å². The molecule has 2 heterocycles. The fraction of sp³-hybridized carbons (Fsp3) is 0.0270. The SMILES string of the molecule is c1ccc(-n2c3ccccc3c3c4c(ccc32)C2(c3ccccc3O4)c3ccccc3-c3ccccc32)cc1. The Morgan fingerprint density at radius 3 is 1.85 bits per heavy atom. The third kappa shape index (κ3) is 2.51. The minimum Gasteiger partial charge on any atom is -0.456 e. The molecule has 39 heavy (non-hydrogen) atoms. The first-order valence-electron chi connectivity index (χ1n) is 13.5. The largest absolute Gasteiger partial charge is 0.456 e. The summed E-state index contributed by atoms with van der Waals surface area (Å²) in [5.74, 6) is 1.86. The number of hydrogen-bond donors (Lipinski definition) is 0. The lowest BCUT2D eigenvalue weighted by atomic mass is 9.66. The highest BCUT2D eigenvalue weighted by Crippen LogP contribution is 2.63. The van der Waals surface area contributed by atoms with Crippen LogP contribution in [-0.2, 0) is 5.41 Å². The van der Waals surface area contributed by atoms with Crippen LogP contribution in [0.25, 0.3) is 38.6 Å². The van der Waals surface area contributed by atoms with Crippen molar-refractivity contribution in [3.8, 4) is 28.3 Å². The van der Waals surface area contributed by atoms with Crippen molar-refractivity contribution >= 4 is 21.8 Å². The molecule has 2 aliphatic rings. The maximum atomic E-state index is 6.95. The van der Waals surface area contributed by atoms with Crippen LogP contribution in [0.4, 0.5) is 0 Å². The zero-order chi connectivity index (χ0) is 25.6. The van der Waals surface area contributed by atoms with Crippen LogP contribution in [0.15, 0.2) is 140 Å². The second-order valence-corrected chi connectivity index (χ2v) is 10.5. The van der Waals surface area contributed by atoms with E-state index < -0.39 is 5.41 Å². The second-order valence-electron chi connectivity index (χ2n) is 10.5. The van der Waals surface area contributed by atoms with E-state index >= 15 is 0 Å². The Kier molecular flexibility index (Phi) is 4.02. The van der Waals surface area contributed by atoms with Crippen molar-refractivity contribution in [3.05, 3.63) is 162 Å². The minimum absolute atomic E-state index is 0.457. The van der Waals surface area contributed by atoms with Crippen molar-refractivity contribution in [2.75, 3.05) is 0 Å². The fourth-order valence-electron chi connectivity index (χ4n) is 7.22. The molecular weight excluding hydrogens is 474 g/mol. The molecule has 0 atom stereocenters. The molecule has 2 nitrogen and oxygen atoms in total. The van der Waals surface area contributed by atoms with Crippen LogP contribution in [-0.4, -0.2) is 4.57 Å². The van der Waals surface area contributed by atoms with Crippen molar-refractivity contribution < 1.29 is 4.74 Å². The van der Waals surface area contributed by atoms with Crippen molar-refractivity contribution in [2.24, 2.45) is 0 Å². The maximum absolute atomic E-state index is 6.95. The monoisotopic (exact) mass is 497 g/mol. The van der Waals surface area contributed by atoms with Gasteiger partial charge in [-0.05, 0) is 52.6 Å². The molecule has 1 aromatic heterocycles. The van der Waals surface area contributed by atoms with Gasteiger partial charge >= 0.3 is 0 Å². The van der Waals surface area contributed by atoms with Gasteiger partial charge in [-0.3, -0.25) is 0 Å². The molecule has 0 saturated heterocycles. The Morgan fingerprint density at radius 1 is 0.462 bits per heavy atom. The van der Waals surface area contributed by atoms with Crippen LogP contribution in [0.3, 0.4) is 0 Å². The summed E-state index contributed by atoms with van der Waals surface area (Å²) in [7, 11) is 0. The van der Waals surface area contributed by atoms with Gasteiger partial charge in [0.05, 0.1) is 21.8 Å². The van der Waals surface area contributed by atoms with Crippen LogP contribution in [0.1, 0.15) is 22.3 Å². The average molecular weight is 498 g/mol. The van der Waals surface area contributed by atoms with Gasteiger partial charge in [0.2, 0.25) is 0 Å². The van der Waals surface area contributed by atoms with E-state index in [2.05, 4.69) is 144 Å². The molecule has 2 heteroatoms. The maximum Gasteiger partial charge on any atom is 0.142 e. The van der Waals surface area contributed by atoms with Gasteiger partial charge < -0.3 is 9.30 Å². The van der Waals surface area contributed by atoms with E-state index in [9.17, 15) is 0 Å². The second kappa shape index (κ2) is 7.49. The van der Waals surface area contributed by atoms with Gasteiger partial charge in [0.15, 0.2) is 0 Å². The van der Waals surface area contributed by atoms with Crippen LogP contribution >= 0.6 is 0 Å². The Bertz CT molecular complexity index is 2050. The summed E-state index contributed by atoms with van der Waals surface area (Å²) >= 11 is 0. The molecular formula is C37H23NO. The summed E-state index contributed by atoms with van der Waals surface area (Å²) in [6.07, 6.45) is 0. The van der Waals surface area contributed by atoms with Crippen LogP contribution < -0.4 is 4.74 Å². The van der Waals surface area contributed by atoms with Gasteiger partial charge in [0.25, 0.3) is 0 Å². The molecule has 0 fully saturated rings. The summed E-state index contributed by atoms with van der Waals surface area (Å²) < 4.78 is 9.31. The predicted molar refractivity (Wildman–Crippen MR) is 158 cm³/mol. The Morgan fingerprint density at radius 2 is 1.08 bits per heavy atom. The number of ether oxygens (including phenoxy) is 1. The summed E-state index contributed by atoms with van der Waals surface area (Å²) in [6.45, 7) is 0. The molecule has 1 aliphatic carbocycles. The molecule has 0 amide bonds. The van der Waals surface area contributed by atoms with Gasteiger partial charge in [-0.1, -0.05) is 109 Å². The average Bonchev–Trinajstić information content (AvgIpc) is 3.50. The molecule has 6 aromatic carbocycles. The lowest BCUT2D eigenvalue weighted by Gasteiger charge is -2.39. The number of nitrogens with zero attached hydrogens (tertiary/aromatic N) is 1. The van der Waals surface area contributed by atoms with E-state index in [1.54, 1.807) is 0 Å². The van der Waals surface area contributed by atoms with Crippen molar-refractivity contribution in [2.45, 2.75) is 5.41 Å². The highest BCUT2D eigenvalue weighted by Gasteiger charge is 2.51.